The highest BCUT2D eigenvalue weighted by atomic mass is 79.9. The zero-order valence-corrected chi connectivity index (χ0v) is 25.9. The fourth-order valence-electron chi connectivity index (χ4n) is 3.72. The van der Waals surface area contributed by atoms with Gasteiger partial charge in [-0.25, -0.2) is 4.98 Å². The van der Waals surface area contributed by atoms with E-state index in [1.165, 1.54) is 4.68 Å². The summed E-state index contributed by atoms with van der Waals surface area (Å²) in [7, 11) is 0. The van der Waals surface area contributed by atoms with Gasteiger partial charge in [-0.1, -0.05) is 66.0 Å². The molecule has 0 N–H and O–H groups in total. The van der Waals surface area contributed by atoms with Gasteiger partial charge < -0.3 is 9.47 Å². The van der Waals surface area contributed by atoms with Gasteiger partial charge in [0.15, 0.2) is 11.5 Å². The van der Waals surface area contributed by atoms with Gasteiger partial charge >= 0.3 is 0 Å². The Morgan fingerprint density at radius 2 is 1.82 bits per heavy atom. The molecule has 0 radical (unpaired) electrons. The molecule has 0 amide bonds. The van der Waals surface area contributed by atoms with Crippen molar-refractivity contribution in [1.29, 1.82) is 0 Å². The molecule has 0 unspecified atom stereocenters. The molecule has 0 saturated carbocycles. The van der Waals surface area contributed by atoms with Crippen LogP contribution in [0.1, 0.15) is 44.6 Å². The van der Waals surface area contributed by atoms with E-state index < -0.39 is 5.41 Å². The highest BCUT2D eigenvalue weighted by Crippen LogP contribution is 2.37. The minimum absolute atomic E-state index is 0.227. The third-order valence-corrected chi connectivity index (χ3v) is 7.19. The summed E-state index contributed by atoms with van der Waals surface area (Å²) in [6.45, 7) is 8.53. The Bertz CT molecular complexity index is 1600. The zero-order valence-electron chi connectivity index (χ0n) is 21.2. The molecule has 6 nitrogen and oxygen atoms in total. The number of nitrogens with zero attached hydrogens (tertiary/aromatic N) is 3. The normalized spacial score (nSPS) is 11.9. The summed E-state index contributed by atoms with van der Waals surface area (Å²) in [5.74, 6) is 1.61. The van der Waals surface area contributed by atoms with Crippen LogP contribution >= 0.6 is 55.1 Å². The SMILES string of the molecule is CCOc1cc(C=Nn2c(C(C)(C)C)nc3ccc(Br)cc3c2=O)cc(Br)c1OCc1ccc(Cl)cc1Cl. The lowest BCUT2D eigenvalue weighted by atomic mass is 9.95. The second-order valence-corrected chi connectivity index (χ2v) is 12.1. The first-order valence-electron chi connectivity index (χ1n) is 11.8. The van der Waals surface area contributed by atoms with E-state index in [9.17, 15) is 4.79 Å². The molecule has 0 spiro atoms. The zero-order chi connectivity index (χ0) is 27.6. The van der Waals surface area contributed by atoms with Crippen molar-refractivity contribution in [1.82, 2.24) is 9.66 Å². The standard InChI is InChI=1S/C28H25Br2Cl2N3O3/c1-5-37-24-11-16(10-21(30)25(24)38-15-17-6-8-19(31)13-22(17)32)14-33-35-26(36)20-12-18(29)7-9-23(20)34-27(35)28(2,3)4/h6-14H,5,15H2,1-4H3. The maximum atomic E-state index is 13.4. The van der Waals surface area contributed by atoms with Gasteiger partial charge in [-0.2, -0.15) is 9.78 Å². The molecule has 0 bridgehead atoms. The third-order valence-electron chi connectivity index (χ3n) is 5.52. The van der Waals surface area contributed by atoms with E-state index in [0.717, 1.165) is 10.0 Å². The van der Waals surface area contributed by atoms with Crippen LogP contribution in [0.15, 0.2) is 67.4 Å². The molecule has 1 heterocycles. The molecule has 4 rings (SSSR count). The van der Waals surface area contributed by atoms with E-state index in [-0.39, 0.29) is 12.2 Å². The molecule has 0 aliphatic carbocycles. The van der Waals surface area contributed by atoms with Crippen molar-refractivity contribution in [2.75, 3.05) is 6.61 Å². The lowest BCUT2D eigenvalue weighted by Gasteiger charge is -2.21. The molecule has 198 valence electrons. The van der Waals surface area contributed by atoms with Crippen LogP contribution in [0, 0.1) is 0 Å². The first-order valence-corrected chi connectivity index (χ1v) is 14.1. The molecular formula is C28H25Br2Cl2N3O3. The highest BCUT2D eigenvalue weighted by Gasteiger charge is 2.23. The van der Waals surface area contributed by atoms with Crippen LogP contribution in [-0.4, -0.2) is 22.5 Å². The van der Waals surface area contributed by atoms with E-state index >= 15 is 0 Å². The number of halogens is 4. The third kappa shape index (κ3) is 6.42. The van der Waals surface area contributed by atoms with Crippen molar-refractivity contribution in [3.8, 4) is 11.5 Å². The fraction of sp³-hybridized carbons (Fsp3) is 0.250. The molecular weight excluding hydrogens is 657 g/mol. The predicted octanol–water partition coefficient (Wildman–Crippen LogP) is 8.39. The lowest BCUT2D eigenvalue weighted by molar-refractivity contribution is 0.267. The van der Waals surface area contributed by atoms with E-state index in [2.05, 4.69) is 37.0 Å². The van der Waals surface area contributed by atoms with Gasteiger partial charge in [-0.3, -0.25) is 4.79 Å². The summed E-state index contributed by atoms with van der Waals surface area (Å²) in [6, 6.07) is 14.4. The number of aromatic nitrogens is 2. The van der Waals surface area contributed by atoms with Crippen LogP contribution in [-0.2, 0) is 12.0 Å². The first kappa shape index (κ1) is 28.6. The van der Waals surface area contributed by atoms with Crippen LogP contribution in [0.4, 0.5) is 0 Å². The van der Waals surface area contributed by atoms with Crippen molar-refractivity contribution in [2.24, 2.45) is 5.10 Å². The van der Waals surface area contributed by atoms with Crippen molar-refractivity contribution in [2.45, 2.75) is 39.7 Å². The van der Waals surface area contributed by atoms with Crippen LogP contribution in [0.5, 0.6) is 11.5 Å². The average Bonchev–Trinajstić information content (AvgIpc) is 2.84. The highest BCUT2D eigenvalue weighted by molar-refractivity contribution is 9.10. The van der Waals surface area contributed by atoms with E-state index in [1.54, 1.807) is 24.4 Å². The van der Waals surface area contributed by atoms with Crippen molar-refractivity contribution < 1.29 is 9.47 Å². The minimum Gasteiger partial charge on any atom is -0.490 e. The summed E-state index contributed by atoms with van der Waals surface area (Å²) in [5.41, 5.74) is 1.45. The maximum Gasteiger partial charge on any atom is 0.282 e. The molecule has 0 aliphatic heterocycles. The van der Waals surface area contributed by atoms with Crippen molar-refractivity contribution >= 4 is 72.2 Å². The fourth-order valence-corrected chi connectivity index (χ4v) is 5.12. The van der Waals surface area contributed by atoms with Gasteiger partial charge in [0.05, 0.1) is 28.2 Å². The molecule has 0 atom stereocenters. The second kappa shape index (κ2) is 11.8. The Hall–Kier alpha value is -2.39. The van der Waals surface area contributed by atoms with E-state index in [0.29, 0.717) is 54.9 Å². The monoisotopic (exact) mass is 679 g/mol. The molecule has 0 fully saturated rings. The smallest absolute Gasteiger partial charge is 0.282 e. The van der Waals surface area contributed by atoms with Gasteiger partial charge in [0.25, 0.3) is 5.56 Å². The maximum absolute atomic E-state index is 13.4. The van der Waals surface area contributed by atoms with Gasteiger partial charge in [0.2, 0.25) is 0 Å². The second-order valence-electron chi connectivity index (χ2n) is 9.50. The predicted molar refractivity (Wildman–Crippen MR) is 161 cm³/mol. The van der Waals surface area contributed by atoms with E-state index in [4.69, 9.17) is 37.7 Å². The number of hydrogen-bond donors (Lipinski definition) is 0. The summed E-state index contributed by atoms with van der Waals surface area (Å²) >= 11 is 19.3. The summed E-state index contributed by atoms with van der Waals surface area (Å²) in [5, 5.41) is 6.12. The number of benzene rings is 3. The van der Waals surface area contributed by atoms with Crippen molar-refractivity contribution in [3.05, 3.63) is 94.8 Å². The Labute approximate surface area is 247 Å². The number of rotatable bonds is 7. The molecule has 0 aliphatic rings. The molecule has 0 saturated heterocycles. The molecule has 3 aromatic carbocycles. The topological polar surface area (TPSA) is 65.7 Å². The molecule has 1 aromatic heterocycles. The van der Waals surface area contributed by atoms with Crippen molar-refractivity contribution in [3.63, 3.8) is 0 Å². The van der Waals surface area contributed by atoms with Crippen LogP contribution in [0.3, 0.4) is 0 Å². The first-order chi connectivity index (χ1) is 18.0. The Kier molecular flexibility index (Phi) is 8.87. The summed E-state index contributed by atoms with van der Waals surface area (Å²) in [6.07, 6.45) is 1.61. The van der Waals surface area contributed by atoms with Gasteiger partial charge in [0, 0.05) is 25.5 Å². The quantitative estimate of drug-likeness (QED) is 0.184. The number of ether oxygens (including phenoxy) is 2. The van der Waals surface area contributed by atoms with Crippen LogP contribution in [0.25, 0.3) is 10.9 Å². The van der Waals surface area contributed by atoms with E-state index in [1.807, 2.05) is 58.0 Å². The Morgan fingerprint density at radius 1 is 1.05 bits per heavy atom. The summed E-state index contributed by atoms with van der Waals surface area (Å²) < 4.78 is 14.8. The van der Waals surface area contributed by atoms with Gasteiger partial charge in [-0.15, -0.1) is 0 Å². The lowest BCUT2D eigenvalue weighted by Crippen LogP contribution is -2.29. The minimum atomic E-state index is -0.421. The Morgan fingerprint density at radius 3 is 2.50 bits per heavy atom. The molecule has 38 heavy (non-hydrogen) atoms. The Balaban J connectivity index is 1.73. The van der Waals surface area contributed by atoms with Gasteiger partial charge in [-0.05, 0) is 70.9 Å². The molecule has 10 heteroatoms. The summed E-state index contributed by atoms with van der Waals surface area (Å²) in [4.78, 5) is 18.2. The van der Waals surface area contributed by atoms with Crippen LogP contribution in [0.2, 0.25) is 10.0 Å². The largest absolute Gasteiger partial charge is 0.490 e. The molecule has 4 aromatic rings. The van der Waals surface area contributed by atoms with Gasteiger partial charge in [0.1, 0.15) is 12.4 Å². The van der Waals surface area contributed by atoms with Crippen LogP contribution < -0.4 is 15.0 Å². The average molecular weight is 682 g/mol. The number of fused-ring (bicyclic) bond motifs is 1. The number of hydrogen-bond acceptors (Lipinski definition) is 5.